The van der Waals surface area contributed by atoms with Crippen molar-refractivity contribution < 1.29 is 8.83 Å². The van der Waals surface area contributed by atoms with Crippen molar-refractivity contribution in [2.24, 2.45) is 4.99 Å². The monoisotopic (exact) mass is 537 g/mol. The fourth-order valence-corrected chi connectivity index (χ4v) is 3.16. The molecule has 0 saturated carbocycles. The van der Waals surface area contributed by atoms with Gasteiger partial charge in [-0.2, -0.15) is 0 Å². The number of oxazole rings is 1. The average molecular weight is 537 g/mol. The van der Waals surface area contributed by atoms with E-state index in [9.17, 15) is 0 Å². The van der Waals surface area contributed by atoms with E-state index in [1.165, 1.54) is 11.1 Å². The Morgan fingerprint density at radius 2 is 1.84 bits per heavy atom. The van der Waals surface area contributed by atoms with Crippen molar-refractivity contribution in [1.29, 1.82) is 0 Å². The SMILES string of the molecule is CCNC(=NCc1ccccc1CN(C)Cc1ccco1)NCc1nc(C)c(C)o1.I. The molecule has 0 fully saturated rings. The zero-order valence-electron chi connectivity index (χ0n) is 18.6. The first-order valence-electron chi connectivity index (χ1n) is 10.3. The molecule has 1 aromatic carbocycles. The predicted molar refractivity (Wildman–Crippen MR) is 133 cm³/mol. The van der Waals surface area contributed by atoms with Crippen molar-refractivity contribution in [2.75, 3.05) is 13.6 Å². The molecule has 3 aromatic rings. The number of benzene rings is 1. The van der Waals surface area contributed by atoms with E-state index in [0.29, 0.717) is 19.0 Å². The molecule has 3 rings (SSSR count). The summed E-state index contributed by atoms with van der Waals surface area (Å²) in [7, 11) is 2.09. The van der Waals surface area contributed by atoms with Crippen LogP contribution in [0.25, 0.3) is 0 Å². The zero-order chi connectivity index (χ0) is 21.3. The highest BCUT2D eigenvalue weighted by Gasteiger charge is 2.09. The number of hydrogen-bond acceptors (Lipinski definition) is 5. The molecule has 0 atom stereocenters. The summed E-state index contributed by atoms with van der Waals surface area (Å²) in [6.45, 7) is 9.37. The summed E-state index contributed by atoms with van der Waals surface area (Å²) in [5.41, 5.74) is 3.37. The molecular weight excluding hydrogens is 505 g/mol. The zero-order valence-corrected chi connectivity index (χ0v) is 21.0. The third kappa shape index (κ3) is 7.70. The summed E-state index contributed by atoms with van der Waals surface area (Å²) in [5, 5.41) is 6.58. The Balaban J connectivity index is 0.00000341. The lowest BCUT2D eigenvalue weighted by Crippen LogP contribution is -2.36. The maximum atomic E-state index is 5.64. The average Bonchev–Trinajstić information content (AvgIpc) is 3.34. The van der Waals surface area contributed by atoms with Crippen LogP contribution >= 0.6 is 24.0 Å². The predicted octanol–water partition coefficient (Wildman–Crippen LogP) is 4.39. The normalized spacial score (nSPS) is 11.5. The lowest BCUT2D eigenvalue weighted by atomic mass is 10.1. The van der Waals surface area contributed by atoms with Gasteiger partial charge in [0.1, 0.15) is 11.5 Å². The molecule has 7 nitrogen and oxygen atoms in total. The third-order valence-corrected chi connectivity index (χ3v) is 4.80. The van der Waals surface area contributed by atoms with Gasteiger partial charge < -0.3 is 19.5 Å². The molecule has 0 spiro atoms. The maximum Gasteiger partial charge on any atom is 0.214 e. The number of aromatic nitrogens is 1. The highest BCUT2D eigenvalue weighted by molar-refractivity contribution is 14.0. The highest BCUT2D eigenvalue weighted by Crippen LogP contribution is 2.14. The summed E-state index contributed by atoms with van der Waals surface area (Å²) < 4.78 is 11.1. The van der Waals surface area contributed by atoms with Crippen molar-refractivity contribution >= 4 is 29.9 Å². The number of hydrogen-bond donors (Lipinski definition) is 2. The fraction of sp³-hybridized carbons (Fsp3) is 0.391. The molecule has 0 aliphatic heterocycles. The van der Waals surface area contributed by atoms with E-state index in [-0.39, 0.29) is 24.0 Å². The lowest BCUT2D eigenvalue weighted by Gasteiger charge is -2.17. The molecule has 8 heteroatoms. The van der Waals surface area contributed by atoms with Gasteiger partial charge in [0.2, 0.25) is 5.89 Å². The van der Waals surface area contributed by atoms with Gasteiger partial charge in [-0.25, -0.2) is 9.98 Å². The summed E-state index contributed by atoms with van der Waals surface area (Å²) >= 11 is 0. The van der Waals surface area contributed by atoms with E-state index in [2.05, 4.69) is 51.8 Å². The first-order valence-corrected chi connectivity index (χ1v) is 10.3. The second-order valence-corrected chi connectivity index (χ2v) is 7.32. The van der Waals surface area contributed by atoms with Crippen LogP contribution in [0.2, 0.25) is 0 Å². The molecule has 0 unspecified atom stereocenters. The second-order valence-electron chi connectivity index (χ2n) is 7.32. The van der Waals surface area contributed by atoms with Gasteiger partial charge >= 0.3 is 0 Å². The van der Waals surface area contributed by atoms with Crippen molar-refractivity contribution in [3.8, 4) is 0 Å². The number of halogens is 1. The summed E-state index contributed by atoms with van der Waals surface area (Å²) in [6.07, 6.45) is 1.71. The Hall–Kier alpha value is -2.33. The minimum atomic E-state index is 0. The van der Waals surface area contributed by atoms with Crippen molar-refractivity contribution in [1.82, 2.24) is 20.5 Å². The minimum Gasteiger partial charge on any atom is -0.468 e. The first kappa shape index (κ1) is 24.9. The Bertz CT molecular complexity index is 933. The van der Waals surface area contributed by atoms with Gasteiger partial charge in [0.15, 0.2) is 5.96 Å². The number of furan rings is 1. The largest absolute Gasteiger partial charge is 0.468 e. The van der Waals surface area contributed by atoms with Crippen LogP contribution in [0, 0.1) is 13.8 Å². The topological polar surface area (TPSA) is 78.8 Å². The van der Waals surface area contributed by atoms with Gasteiger partial charge in [-0.3, -0.25) is 4.90 Å². The van der Waals surface area contributed by atoms with Gasteiger partial charge in [-0.15, -0.1) is 24.0 Å². The van der Waals surface area contributed by atoms with Crippen LogP contribution in [0.3, 0.4) is 0 Å². The Labute approximate surface area is 201 Å². The molecular formula is C23H32IN5O2. The van der Waals surface area contributed by atoms with Crippen molar-refractivity contribution in [2.45, 2.75) is 47.0 Å². The third-order valence-electron chi connectivity index (χ3n) is 4.80. The van der Waals surface area contributed by atoms with E-state index >= 15 is 0 Å². The smallest absolute Gasteiger partial charge is 0.214 e. The van der Waals surface area contributed by atoms with Crippen LogP contribution in [-0.2, 0) is 26.2 Å². The molecule has 0 aliphatic rings. The highest BCUT2D eigenvalue weighted by atomic mass is 127. The van der Waals surface area contributed by atoms with E-state index in [1.807, 2.05) is 32.9 Å². The number of aryl methyl sites for hydroxylation is 2. The van der Waals surface area contributed by atoms with Crippen LogP contribution in [0.15, 0.2) is 56.5 Å². The lowest BCUT2D eigenvalue weighted by molar-refractivity contribution is 0.287. The number of rotatable bonds is 9. The molecule has 2 N–H and O–H groups in total. The van der Waals surface area contributed by atoms with Gasteiger partial charge in [0.25, 0.3) is 0 Å². The van der Waals surface area contributed by atoms with Crippen LogP contribution in [0.5, 0.6) is 0 Å². The Kier molecular flexibility index (Phi) is 10.1. The maximum absolute atomic E-state index is 5.64. The molecule has 0 saturated heterocycles. The van der Waals surface area contributed by atoms with E-state index < -0.39 is 0 Å². The molecule has 31 heavy (non-hydrogen) atoms. The summed E-state index contributed by atoms with van der Waals surface area (Å²) in [5.74, 6) is 3.21. The van der Waals surface area contributed by atoms with Gasteiger partial charge in [0, 0.05) is 13.1 Å². The van der Waals surface area contributed by atoms with Gasteiger partial charge in [-0.1, -0.05) is 24.3 Å². The van der Waals surface area contributed by atoms with Gasteiger partial charge in [0.05, 0.1) is 31.6 Å². The Morgan fingerprint density at radius 3 is 2.48 bits per heavy atom. The summed E-state index contributed by atoms with van der Waals surface area (Å²) in [4.78, 5) is 11.4. The summed E-state index contributed by atoms with van der Waals surface area (Å²) in [6, 6.07) is 12.3. The molecule has 0 amide bonds. The first-order chi connectivity index (χ1) is 14.5. The van der Waals surface area contributed by atoms with Crippen LogP contribution in [0.4, 0.5) is 0 Å². The quantitative estimate of drug-likeness (QED) is 0.240. The second kappa shape index (κ2) is 12.5. The van der Waals surface area contributed by atoms with E-state index in [4.69, 9.17) is 13.8 Å². The molecule has 168 valence electrons. The molecule has 0 bridgehead atoms. The molecule has 0 aliphatic carbocycles. The number of nitrogens with zero attached hydrogens (tertiary/aromatic N) is 3. The van der Waals surface area contributed by atoms with Crippen molar-refractivity contribution in [3.05, 3.63) is 76.9 Å². The van der Waals surface area contributed by atoms with Crippen LogP contribution in [0.1, 0.15) is 41.2 Å². The van der Waals surface area contributed by atoms with Crippen LogP contribution < -0.4 is 10.6 Å². The molecule has 0 radical (unpaired) electrons. The number of guanidine groups is 1. The Morgan fingerprint density at radius 1 is 1.06 bits per heavy atom. The number of aliphatic imine (C=N–C) groups is 1. The number of nitrogens with one attached hydrogen (secondary N) is 2. The standard InChI is InChI=1S/C23H31N5O2.HI/c1-5-24-23(26-14-22-27-17(2)18(3)30-22)25-13-19-9-6-7-10-20(19)15-28(4)16-21-11-8-12-29-21;/h6-12H,5,13-16H2,1-4H3,(H2,24,25,26);1H. The van der Waals surface area contributed by atoms with Gasteiger partial charge in [-0.05, 0) is 51.1 Å². The van der Waals surface area contributed by atoms with Crippen LogP contribution in [-0.4, -0.2) is 29.4 Å². The van der Waals surface area contributed by atoms with E-state index in [0.717, 1.165) is 42.8 Å². The minimum absolute atomic E-state index is 0. The molecule has 2 heterocycles. The molecule has 2 aromatic heterocycles. The van der Waals surface area contributed by atoms with E-state index in [1.54, 1.807) is 6.26 Å². The fourth-order valence-electron chi connectivity index (χ4n) is 3.16. The van der Waals surface area contributed by atoms with Crippen molar-refractivity contribution in [3.63, 3.8) is 0 Å².